The highest BCUT2D eigenvalue weighted by molar-refractivity contribution is 6.29. The Kier molecular flexibility index (Phi) is 4.51. The summed E-state index contributed by atoms with van der Waals surface area (Å²) in [4.78, 5) is 4.24. The minimum atomic E-state index is -0.842. The van der Waals surface area contributed by atoms with E-state index in [2.05, 4.69) is 15.2 Å². The van der Waals surface area contributed by atoms with Crippen LogP contribution in [-0.2, 0) is 7.05 Å². The lowest BCUT2D eigenvalue weighted by atomic mass is 10.1. The quantitative estimate of drug-likeness (QED) is 0.606. The predicted molar refractivity (Wildman–Crippen MR) is 94.1 cm³/mol. The Hall–Kier alpha value is -2.44. The number of hydrogen-bond acceptors (Lipinski definition) is 4. The first-order valence-electron chi connectivity index (χ1n) is 7.73. The Morgan fingerprint density at radius 2 is 1.92 bits per heavy atom. The number of aliphatic hydroxyl groups excluding tert-OH is 1. The Morgan fingerprint density at radius 3 is 2.71 bits per heavy atom. The third-order valence-corrected chi connectivity index (χ3v) is 3.92. The maximum absolute atomic E-state index is 10.7. The zero-order valence-corrected chi connectivity index (χ0v) is 14.4. The van der Waals surface area contributed by atoms with E-state index in [0.717, 1.165) is 16.5 Å². The van der Waals surface area contributed by atoms with Crippen LogP contribution in [0.5, 0.6) is 0 Å². The smallest absolute Gasteiger partial charge is 0.154 e. The standard InChI is InChI=1S/C15H12ClN5O.C2H6/c1-20-11-3-2-9(6-10(11)7-18-20)15(22)12-8-17-14-5-4-13(16)19-21(12)14;1-2/h2-8,15,22H,1H3;1-2H3. The van der Waals surface area contributed by atoms with E-state index in [1.54, 1.807) is 33.7 Å². The fourth-order valence-electron chi connectivity index (χ4n) is 2.58. The van der Waals surface area contributed by atoms with Crippen LogP contribution in [0.1, 0.15) is 31.2 Å². The molecule has 0 aliphatic heterocycles. The highest BCUT2D eigenvalue weighted by Gasteiger charge is 2.17. The van der Waals surface area contributed by atoms with Gasteiger partial charge in [0.1, 0.15) is 11.3 Å². The van der Waals surface area contributed by atoms with Gasteiger partial charge in [0.25, 0.3) is 0 Å². The van der Waals surface area contributed by atoms with Gasteiger partial charge in [-0.25, -0.2) is 9.50 Å². The summed E-state index contributed by atoms with van der Waals surface area (Å²) in [5.74, 6) is 0. The van der Waals surface area contributed by atoms with Gasteiger partial charge in [-0.3, -0.25) is 4.68 Å². The molecule has 0 aliphatic rings. The summed E-state index contributed by atoms with van der Waals surface area (Å²) in [6.45, 7) is 4.00. The second kappa shape index (κ2) is 6.59. The molecule has 0 bridgehead atoms. The first kappa shape index (κ1) is 16.4. The second-order valence-electron chi connectivity index (χ2n) is 5.10. The van der Waals surface area contributed by atoms with Crippen molar-refractivity contribution in [1.82, 2.24) is 24.4 Å². The minimum Gasteiger partial charge on any atom is -0.382 e. The summed E-state index contributed by atoms with van der Waals surface area (Å²) in [6.07, 6.45) is 2.54. The van der Waals surface area contributed by atoms with Crippen molar-refractivity contribution in [2.45, 2.75) is 20.0 Å². The third-order valence-electron chi connectivity index (χ3n) is 3.72. The maximum Gasteiger partial charge on any atom is 0.154 e. The molecule has 1 aromatic carbocycles. The molecule has 0 fully saturated rings. The lowest BCUT2D eigenvalue weighted by molar-refractivity contribution is 0.213. The number of hydrogen-bond donors (Lipinski definition) is 1. The fraction of sp³-hybridized carbons (Fsp3) is 0.235. The van der Waals surface area contributed by atoms with Gasteiger partial charge in [0.15, 0.2) is 5.65 Å². The molecule has 1 N–H and O–H groups in total. The minimum absolute atomic E-state index is 0.349. The second-order valence-corrected chi connectivity index (χ2v) is 5.49. The molecule has 0 radical (unpaired) electrons. The van der Waals surface area contributed by atoms with Crippen LogP contribution in [0.3, 0.4) is 0 Å². The van der Waals surface area contributed by atoms with Crippen LogP contribution >= 0.6 is 11.6 Å². The van der Waals surface area contributed by atoms with Gasteiger partial charge in [0.2, 0.25) is 0 Å². The summed E-state index contributed by atoms with van der Waals surface area (Å²) in [7, 11) is 1.88. The molecule has 6 nitrogen and oxygen atoms in total. The number of benzene rings is 1. The van der Waals surface area contributed by atoms with E-state index in [9.17, 15) is 5.11 Å². The van der Waals surface area contributed by atoms with Crippen molar-refractivity contribution >= 4 is 28.2 Å². The van der Waals surface area contributed by atoms with Crippen LogP contribution in [0.25, 0.3) is 16.6 Å². The molecular weight excluding hydrogens is 326 g/mol. The van der Waals surface area contributed by atoms with Gasteiger partial charge in [0, 0.05) is 12.4 Å². The van der Waals surface area contributed by atoms with Crippen LogP contribution in [0, 0.1) is 0 Å². The summed E-state index contributed by atoms with van der Waals surface area (Å²) in [6, 6.07) is 9.15. The number of imidazole rings is 1. The van der Waals surface area contributed by atoms with Crippen molar-refractivity contribution in [2.24, 2.45) is 7.05 Å². The number of aliphatic hydroxyl groups is 1. The highest BCUT2D eigenvalue weighted by Crippen LogP contribution is 2.25. The molecule has 1 atom stereocenters. The van der Waals surface area contributed by atoms with Gasteiger partial charge in [0.05, 0.1) is 23.6 Å². The largest absolute Gasteiger partial charge is 0.382 e. The van der Waals surface area contributed by atoms with E-state index in [4.69, 9.17) is 11.6 Å². The van der Waals surface area contributed by atoms with Crippen molar-refractivity contribution in [2.75, 3.05) is 0 Å². The zero-order chi connectivity index (χ0) is 17.3. The molecule has 0 spiro atoms. The molecular formula is C17H18ClN5O. The Bertz CT molecular complexity index is 991. The number of aromatic nitrogens is 5. The monoisotopic (exact) mass is 343 g/mol. The van der Waals surface area contributed by atoms with E-state index in [0.29, 0.717) is 16.5 Å². The molecule has 3 heterocycles. The van der Waals surface area contributed by atoms with Crippen LogP contribution in [0.4, 0.5) is 0 Å². The summed E-state index contributed by atoms with van der Waals surface area (Å²) in [5.41, 5.74) is 2.97. The average molecular weight is 344 g/mol. The normalized spacial score (nSPS) is 12.2. The van der Waals surface area contributed by atoms with E-state index in [1.165, 1.54) is 0 Å². The lowest BCUT2D eigenvalue weighted by Crippen LogP contribution is -2.05. The lowest BCUT2D eigenvalue weighted by Gasteiger charge is -2.10. The van der Waals surface area contributed by atoms with E-state index >= 15 is 0 Å². The molecule has 7 heteroatoms. The molecule has 3 aromatic heterocycles. The molecule has 24 heavy (non-hydrogen) atoms. The number of rotatable bonds is 2. The number of halogens is 1. The van der Waals surface area contributed by atoms with E-state index in [1.807, 2.05) is 39.1 Å². The van der Waals surface area contributed by atoms with Crippen molar-refractivity contribution in [1.29, 1.82) is 0 Å². The van der Waals surface area contributed by atoms with Gasteiger partial charge in [-0.15, -0.1) is 0 Å². The van der Waals surface area contributed by atoms with Crippen molar-refractivity contribution < 1.29 is 5.11 Å². The van der Waals surface area contributed by atoms with Crippen molar-refractivity contribution in [3.8, 4) is 0 Å². The SMILES string of the molecule is CC.Cn1ncc2cc(C(O)c3cnc4ccc(Cl)nn34)ccc21. The summed E-state index contributed by atoms with van der Waals surface area (Å²) in [5, 5.41) is 20.4. The Labute approximate surface area is 144 Å². The molecule has 124 valence electrons. The van der Waals surface area contributed by atoms with Gasteiger partial charge >= 0.3 is 0 Å². The number of fused-ring (bicyclic) bond motifs is 2. The summed E-state index contributed by atoms with van der Waals surface area (Å²) >= 11 is 5.93. The topological polar surface area (TPSA) is 68.2 Å². The number of aryl methyl sites for hydroxylation is 1. The Morgan fingerprint density at radius 1 is 1.12 bits per heavy atom. The molecule has 0 saturated heterocycles. The van der Waals surface area contributed by atoms with Crippen molar-refractivity contribution in [3.05, 3.63) is 59.1 Å². The molecule has 0 saturated carbocycles. The first-order valence-corrected chi connectivity index (χ1v) is 8.11. The highest BCUT2D eigenvalue weighted by atomic mass is 35.5. The third kappa shape index (κ3) is 2.74. The maximum atomic E-state index is 10.7. The first-order chi connectivity index (χ1) is 11.6. The summed E-state index contributed by atoms with van der Waals surface area (Å²) < 4.78 is 3.35. The van der Waals surface area contributed by atoms with Gasteiger partial charge < -0.3 is 5.11 Å². The van der Waals surface area contributed by atoms with Crippen LogP contribution < -0.4 is 0 Å². The van der Waals surface area contributed by atoms with Crippen molar-refractivity contribution in [3.63, 3.8) is 0 Å². The van der Waals surface area contributed by atoms with E-state index in [-0.39, 0.29) is 0 Å². The molecule has 0 aliphatic carbocycles. The number of nitrogens with zero attached hydrogens (tertiary/aromatic N) is 5. The molecule has 4 aromatic rings. The Balaban J connectivity index is 0.000000815. The predicted octanol–water partition coefficient (Wildman–Crippen LogP) is 3.38. The molecule has 4 rings (SSSR count). The fourth-order valence-corrected chi connectivity index (χ4v) is 2.72. The van der Waals surface area contributed by atoms with Gasteiger partial charge in [-0.05, 0) is 29.8 Å². The van der Waals surface area contributed by atoms with Gasteiger partial charge in [-0.1, -0.05) is 31.5 Å². The zero-order valence-electron chi connectivity index (χ0n) is 13.7. The van der Waals surface area contributed by atoms with E-state index < -0.39 is 6.10 Å². The van der Waals surface area contributed by atoms with Crippen LogP contribution in [0.15, 0.2) is 42.7 Å². The molecule has 1 unspecified atom stereocenters. The van der Waals surface area contributed by atoms with Crippen LogP contribution in [-0.4, -0.2) is 29.5 Å². The molecule has 0 amide bonds. The average Bonchev–Trinajstić information content (AvgIpc) is 3.19. The van der Waals surface area contributed by atoms with Gasteiger partial charge in [-0.2, -0.15) is 10.2 Å². The van der Waals surface area contributed by atoms with Crippen LogP contribution in [0.2, 0.25) is 5.15 Å².